The molecule has 0 spiro atoms. The van der Waals surface area contributed by atoms with Crippen molar-refractivity contribution in [2.24, 2.45) is 0 Å². The van der Waals surface area contributed by atoms with Gasteiger partial charge in [0.2, 0.25) is 5.78 Å². The Kier molecular flexibility index (Phi) is 5.95. The number of aromatic nitrogens is 1. The Labute approximate surface area is 196 Å². The van der Waals surface area contributed by atoms with E-state index in [2.05, 4.69) is 20.5 Å². The predicted octanol–water partition coefficient (Wildman–Crippen LogP) is 3.38. The third-order valence-electron chi connectivity index (χ3n) is 6.05. The van der Waals surface area contributed by atoms with Crippen molar-refractivity contribution < 1.29 is 23.8 Å². The molecule has 2 aliphatic heterocycles. The van der Waals surface area contributed by atoms with Crippen LogP contribution in [0.3, 0.4) is 0 Å². The molecule has 3 heterocycles. The smallest absolute Gasteiger partial charge is 0.318 e. The van der Waals surface area contributed by atoms with E-state index in [1.54, 1.807) is 31.4 Å². The maximum atomic E-state index is 13.0. The topological polar surface area (TPSA) is 105 Å². The second-order valence-corrected chi connectivity index (χ2v) is 8.20. The van der Waals surface area contributed by atoms with Gasteiger partial charge in [-0.2, -0.15) is 0 Å². The average molecular weight is 463 g/mol. The van der Waals surface area contributed by atoms with Crippen LogP contribution in [0.25, 0.3) is 17.0 Å². The molecule has 0 radical (unpaired) electrons. The number of urea groups is 1. The number of ether oxygens (including phenoxy) is 3. The van der Waals surface area contributed by atoms with Gasteiger partial charge in [-0.25, -0.2) is 4.79 Å². The van der Waals surface area contributed by atoms with E-state index in [0.29, 0.717) is 17.0 Å². The Morgan fingerprint density at radius 3 is 2.82 bits per heavy atom. The number of H-pyrrole nitrogens is 1. The zero-order chi connectivity index (χ0) is 23.7. The number of Topliss-reactive ketones (excluding diaryl/α,β-unsaturated/α-hetero) is 1. The van der Waals surface area contributed by atoms with Gasteiger partial charge in [0.25, 0.3) is 0 Å². The Morgan fingerprint density at radius 1 is 1.24 bits per heavy atom. The van der Waals surface area contributed by atoms with E-state index >= 15 is 0 Å². The fourth-order valence-electron chi connectivity index (χ4n) is 4.26. The monoisotopic (exact) mass is 462 g/mol. The summed E-state index contributed by atoms with van der Waals surface area (Å²) in [6.07, 6.45) is 3.61. The SMILES string of the molecule is CNC(=O)Nc1ccc2c(c1)C(=O)C(=Cc1c[nH]c3c(CN4CCOCC4)cc(OC)cc13)O2. The number of nitrogens with one attached hydrogen (secondary N) is 3. The van der Waals surface area contributed by atoms with Crippen LogP contribution >= 0.6 is 0 Å². The zero-order valence-corrected chi connectivity index (χ0v) is 19.1. The summed E-state index contributed by atoms with van der Waals surface area (Å²) in [4.78, 5) is 30.4. The number of ketones is 1. The number of anilines is 1. The van der Waals surface area contributed by atoms with Crippen LogP contribution < -0.4 is 20.1 Å². The van der Waals surface area contributed by atoms with Crippen LogP contribution in [0.15, 0.2) is 42.3 Å². The third kappa shape index (κ3) is 4.23. The largest absolute Gasteiger partial charge is 0.497 e. The van der Waals surface area contributed by atoms with Crippen molar-refractivity contribution in [3.05, 3.63) is 59.0 Å². The fourth-order valence-corrected chi connectivity index (χ4v) is 4.26. The molecule has 1 aromatic heterocycles. The van der Waals surface area contributed by atoms with Gasteiger partial charge in [-0.3, -0.25) is 9.69 Å². The lowest BCUT2D eigenvalue weighted by Crippen LogP contribution is -2.35. The van der Waals surface area contributed by atoms with Gasteiger partial charge in [0.1, 0.15) is 11.5 Å². The first-order valence-corrected chi connectivity index (χ1v) is 11.1. The lowest BCUT2D eigenvalue weighted by atomic mass is 10.1. The minimum Gasteiger partial charge on any atom is -0.497 e. The number of hydrogen-bond acceptors (Lipinski definition) is 6. The molecule has 2 aromatic carbocycles. The van der Waals surface area contributed by atoms with Crippen LogP contribution in [-0.2, 0) is 11.3 Å². The highest BCUT2D eigenvalue weighted by Gasteiger charge is 2.28. The number of methoxy groups -OCH3 is 1. The molecular weight excluding hydrogens is 436 g/mol. The number of aromatic amines is 1. The van der Waals surface area contributed by atoms with Crippen molar-refractivity contribution in [2.45, 2.75) is 6.54 Å². The first kappa shape index (κ1) is 22.0. The van der Waals surface area contributed by atoms with E-state index < -0.39 is 0 Å². The second kappa shape index (κ2) is 9.20. The molecule has 0 atom stereocenters. The molecule has 0 bridgehead atoms. The van der Waals surface area contributed by atoms with Crippen LogP contribution in [-0.4, -0.2) is 62.2 Å². The number of rotatable bonds is 5. The van der Waals surface area contributed by atoms with Crippen LogP contribution in [0, 0.1) is 0 Å². The summed E-state index contributed by atoms with van der Waals surface area (Å²) in [5.41, 5.74) is 3.87. The molecule has 5 rings (SSSR count). The van der Waals surface area contributed by atoms with E-state index in [-0.39, 0.29) is 17.6 Å². The van der Waals surface area contributed by atoms with Gasteiger partial charge in [-0.1, -0.05) is 0 Å². The lowest BCUT2D eigenvalue weighted by Gasteiger charge is -2.26. The van der Waals surface area contributed by atoms with Gasteiger partial charge in [0, 0.05) is 49.5 Å². The standard InChI is InChI=1S/C25H26N4O5/c1-26-25(31)28-17-3-4-21-20(11-17)24(30)22(34-21)10-15-13-27-23-16(9-18(32-2)12-19(15)23)14-29-5-7-33-8-6-29/h3-4,9-13,27H,5-8,14H2,1-2H3,(H2,26,28,31). The number of carbonyl (C=O) groups excluding carboxylic acids is 2. The first-order valence-electron chi connectivity index (χ1n) is 11.1. The second-order valence-electron chi connectivity index (χ2n) is 8.20. The molecule has 9 nitrogen and oxygen atoms in total. The number of hydrogen-bond donors (Lipinski definition) is 3. The molecular formula is C25H26N4O5. The van der Waals surface area contributed by atoms with E-state index in [4.69, 9.17) is 14.2 Å². The molecule has 176 valence electrons. The van der Waals surface area contributed by atoms with Gasteiger partial charge in [-0.05, 0) is 42.0 Å². The number of amides is 2. The predicted molar refractivity (Wildman–Crippen MR) is 128 cm³/mol. The highest BCUT2D eigenvalue weighted by atomic mass is 16.5. The molecule has 0 aliphatic carbocycles. The van der Waals surface area contributed by atoms with E-state index in [9.17, 15) is 9.59 Å². The minimum absolute atomic E-state index is 0.227. The number of carbonyl (C=O) groups is 2. The molecule has 1 fully saturated rings. The van der Waals surface area contributed by atoms with Gasteiger partial charge in [0.15, 0.2) is 5.76 Å². The third-order valence-corrected chi connectivity index (χ3v) is 6.05. The lowest BCUT2D eigenvalue weighted by molar-refractivity contribution is 0.0343. The van der Waals surface area contributed by atoms with E-state index in [1.807, 2.05) is 18.3 Å². The summed E-state index contributed by atoms with van der Waals surface area (Å²) in [6, 6.07) is 8.63. The summed E-state index contributed by atoms with van der Waals surface area (Å²) in [5, 5.41) is 6.11. The number of nitrogens with zero attached hydrogens (tertiary/aromatic N) is 1. The Bertz CT molecular complexity index is 1290. The van der Waals surface area contributed by atoms with Crippen LogP contribution in [0.4, 0.5) is 10.5 Å². The molecule has 2 amide bonds. The summed E-state index contributed by atoms with van der Waals surface area (Å²) in [7, 11) is 3.18. The van der Waals surface area contributed by atoms with Gasteiger partial charge in [0.05, 0.1) is 31.4 Å². The summed E-state index contributed by atoms with van der Waals surface area (Å²) < 4.78 is 16.9. The first-order chi connectivity index (χ1) is 16.6. The Hall–Kier alpha value is -3.82. The average Bonchev–Trinajstić information content (AvgIpc) is 3.40. The fraction of sp³-hybridized carbons (Fsp3) is 0.280. The van der Waals surface area contributed by atoms with Gasteiger partial charge >= 0.3 is 6.03 Å². The molecule has 1 saturated heterocycles. The number of allylic oxidation sites excluding steroid dienone is 1. The molecule has 34 heavy (non-hydrogen) atoms. The highest BCUT2D eigenvalue weighted by Crippen LogP contribution is 2.36. The molecule has 9 heteroatoms. The molecule has 2 aliphatic rings. The quantitative estimate of drug-likeness (QED) is 0.502. The summed E-state index contributed by atoms with van der Waals surface area (Å²) in [5.74, 6) is 1.21. The summed E-state index contributed by atoms with van der Waals surface area (Å²) >= 11 is 0. The molecule has 3 aromatic rings. The van der Waals surface area contributed by atoms with Crippen molar-refractivity contribution in [1.29, 1.82) is 0 Å². The zero-order valence-electron chi connectivity index (χ0n) is 19.1. The van der Waals surface area contributed by atoms with Gasteiger partial charge in [-0.15, -0.1) is 0 Å². The normalized spacial score (nSPS) is 17.0. The number of benzene rings is 2. The van der Waals surface area contributed by atoms with Crippen molar-refractivity contribution in [2.75, 3.05) is 45.8 Å². The Morgan fingerprint density at radius 2 is 2.06 bits per heavy atom. The van der Waals surface area contributed by atoms with Crippen LogP contribution in [0.5, 0.6) is 11.5 Å². The highest BCUT2D eigenvalue weighted by molar-refractivity contribution is 6.15. The molecule has 0 unspecified atom stereocenters. The van der Waals surface area contributed by atoms with Crippen molar-refractivity contribution in [3.8, 4) is 11.5 Å². The van der Waals surface area contributed by atoms with Crippen molar-refractivity contribution in [3.63, 3.8) is 0 Å². The maximum Gasteiger partial charge on any atom is 0.318 e. The molecule has 0 saturated carbocycles. The summed E-state index contributed by atoms with van der Waals surface area (Å²) in [6.45, 7) is 4.00. The van der Waals surface area contributed by atoms with Gasteiger partial charge < -0.3 is 29.8 Å². The van der Waals surface area contributed by atoms with E-state index in [0.717, 1.165) is 60.6 Å². The Balaban J connectivity index is 1.46. The van der Waals surface area contributed by atoms with Crippen molar-refractivity contribution in [1.82, 2.24) is 15.2 Å². The van der Waals surface area contributed by atoms with Crippen LogP contribution in [0.2, 0.25) is 0 Å². The number of fused-ring (bicyclic) bond motifs is 2. The van der Waals surface area contributed by atoms with Crippen LogP contribution in [0.1, 0.15) is 21.5 Å². The number of morpholine rings is 1. The minimum atomic E-state index is -0.359. The van der Waals surface area contributed by atoms with Crippen molar-refractivity contribution >= 4 is 34.5 Å². The maximum absolute atomic E-state index is 13.0. The molecule has 3 N–H and O–H groups in total. The van der Waals surface area contributed by atoms with E-state index in [1.165, 1.54) is 7.05 Å².